The van der Waals surface area contributed by atoms with Crippen molar-refractivity contribution >= 4 is 10.9 Å². The fourth-order valence-corrected chi connectivity index (χ4v) is 1.66. The number of hydrogen-bond donors (Lipinski definition) is 0. The van der Waals surface area contributed by atoms with Gasteiger partial charge in [-0.1, -0.05) is 12.1 Å². The highest BCUT2D eigenvalue weighted by Gasteiger charge is 2.29. The van der Waals surface area contributed by atoms with Gasteiger partial charge >= 0.3 is 6.18 Å². The van der Waals surface area contributed by atoms with Gasteiger partial charge in [0.1, 0.15) is 6.42 Å². The van der Waals surface area contributed by atoms with Gasteiger partial charge in [0, 0.05) is 17.5 Å². The SMILES string of the molecule is FC(F)(F)CC[n+]1cccc2ccccc21. The zero-order valence-electron chi connectivity index (χ0n) is 8.54. The van der Waals surface area contributed by atoms with Crippen LogP contribution in [0.15, 0.2) is 42.6 Å². The molecule has 0 saturated heterocycles. The summed E-state index contributed by atoms with van der Waals surface area (Å²) < 4.78 is 38.0. The Labute approximate surface area is 91.1 Å². The van der Waals surface area contributed by atoms with Crippen molar-refractivity contribution in [3.05, 3.63) is 42.6 Å². The molecule has 0 bridgehead atoms. The van der Waals surface area contributed by atoms with Gasteiger partial charge in [0.25, 0.3) is 0 Å². The molecule has 0 fully saturated rings. The van der Waals surface area contributed by atoms with E-state index in [0.717, 1.165) is 10.9 Å². The van der Waals surface area contributed by atoms with Crippen molar-refractivity contribution in [1.82, 2.24) is 0 Å². The monoisotopic (exact) mass is 226 g/mol. The van der Waals surface area contributed by atoms with Crippen LogP contribution in [0.1, 0.15) is 6.42 Å². The van der Waals surface area contributed by atoms with Crippen LogP contribution in [0.3, 0.4) is 0 Å². The Balaban J connectivity index is 2.30. The van der Waals surface area contributed by atoms with Gasteiger partial charge in [0.05, 0.1) is 0 Å². The summed E-state index contributed by atoms with van der Waals surface area (Å²) in [6.45, 7) is -0.0369. The molecule has 0 aliphatic rings. The fourth-order valence-electron chi connectivity index (χ4n) is 1.66. The summed E-state index contributed by atoms with van der Waals surface area (Å²) >= 11 is 0. The van der Waals surface area contributed by atoms with Crippen LogP contribution >= 0.6 is 0 Å². The molecule has 0 radical (unpaired) electrons. The molecule has 0 aliphatic carbocycles. The van der Waals surface area contributed by atoms with Crippen molar-refractivity contribution in [2.45, 2.75) is 19.1 Å². The lowest BCUT2D eigenvalue weighted by atomic mass is 10.2. The summed E-state index contributed by atoms with van der Waals surface area (Å²) in [5.74, 6) is 0. The van der Waals surface area contributed by atoms with Crippen molar-refractivity contribution in [2.24, 2.45) is 0 Å². The van der Waals surface area contributed by atoms with Gasteiger partial charge in [-0.3, -0.25) is 0 Å². The van der Waals surface area contributed by atoms with E-state index >= 15 is 0 Å². The number of halogens is 3. The zero-order valence-corrected chi connectivity index (χ0v) is 8.54. The predicted octanol–water partition coefficient (Wildman–Crippen LogP) is 3.08. The molecular formula is C12H11F3N+. The Morgan fingerprint density at radius 2 is 1.69 bits per heavy atom. The molecule has 0 aliphatic heterocycles. The fraction of sp³-hybridized carbons (Fsp3) is 0.250. The third-order valence-corrected chi connectivity index (χ3v) is 2.42. The molecular weight excluding hydrogens is 215 g/mol. The lowest BCUT2D eigenvalue weighted by Crippen LogP contribution is -2.36. The molecule has 1 heterocycles. The van der Waals surface area contributed by atoms with Crippen molar-refractivity contribution in [3.63, 3.8) is 0 Å². The average Bonchev–Trinajstić information content (AvgIpc) is 2.25. The van der Waals surface area contributed by atoms with Crippen LogP contribution in [-0.2, 0) is 6.54 Å². The lowest BCUT2D eigenvalue weighted by molar-refractivity contribution is -0.675. The van der Waals surface area contributed by atoms with Crippen molar-refractivity contribution in [3.8, 4) is 0 Å². The van der Waals surface area contributed by atoms with Crippen molar-refractivity contribution in [1.29, 1.82) is 0 Å². The highest BCUT2D eigenvalue weighted by molar-refractivity contribution is 5.74. The molecule has 0 unspecified atom stereocenters. The van der Waals surface area contributed by atoms with Crippen molar-refractivity contribution in [2.75, 3.05) is 0 Å². The second-order valence-electron chi connectivity index (χ2n) is 3.63. The third-order valence-electron chi connectivity index (χ3n) is 2.42. The molecule has 1 aromatic heterocycles. The Hall–Kier alpha value is -1.58. The number of fused-ring (bicyclic) bond motifs is 1. The molecule has 4 heteroatoms. The van der Waals surface area contributed by atoms with Crippen LogP contribution in [0.25, 0.3) is 10.9 Å². The van der Waals surface area contributed by atoms with E-state index < -0.39 is 12.6 Å². The molecule has 0 saturated carbocycles. The van der Waals surface area contributed by atoms with Gasteiger partial charge in [0.15, 0.2) is 12.7 Å². The maximum absolute atomic E-state index is 12.1. The molecule has 0 atom stereocenters. The third kappa shape index (κ3) is 2.51. The van der Waals surface area contributed by atoms with Crippen LogP contribution < -0.4 is 4.57 Å². The normalized spacial score (nSPS) is 11.9. The van der Waals surface area contributed by atoms with Crippen LogP contribution in [-0.4, -0.2) is 6.18 Å². The molecule has 0 spiro atoms. The summed E-state index contributed by atoms with van der Waals surface area (Å²) in [6, 6.07) is 11.1. The van der Waals surface area contributed by atoms with E-state index in [0.29, 0.717) is 0 Å². The summed E-state index contributed by atoms with van der Waals surface area (Å²) in [6.07, 6.45) is -3.23. The first-order valence-electron chi connectivity index (χ1n) is 5.00. The van der Waals surface area contributed by atoms with Gasteiger partial charge in [0.2, 0.25) is 5.52 Å². The Morgan fingerprint density at radius 1 is 1.00 bits per heavy atom. The first-order chi connectivity index (χ1) is 7.56. The van der Waals surface area contributed by atoms with Gasteiger partial charge in [-0.05, 0) is 12.1 Å². The molecule has 0 N–H and O–H groups in total. The smallest absolute Gasteiger partial charge is 0.198 e. The number of para-hydroxylation sites is 1. The second-order valence-corrected chi connectivity index (χ2v) is 3.63. The summed E-state index contributed by atoms with van der Waals surface area (Å²) in [4.78, 5) is 0. The van der Waals surface area contributed by atoms with E-state index in [-0.39, 0.29) is 6.54 Å². The standard InChI is InChI=1S/C12H11F3N/c13-12(14,15)7-9-16-8-3-5-10-4-1-2-6-11(10)16/h1-6,8H,7,9H2/q+1. The van der Waals surface area contributed by atoms with Crippen LogP contribution in [0.2, 0.25) is 0 Å². The molecule has 16 heavy (non-hydrogen) atoms. The summed E-state index contributed by atoms with van der Waals surface area (Å²) in [7, 11) is 0. The molecule has 2 rings (SSSR count). The maximum Gasteiger partial charge on any atom is 0.395 e. The topological polar surface area (TPSA) is 3.88 Å². The molecule has 1 aromatic carbocycles. The largest absolute Gasteiger partial charge is 0.395 e. The van der Waals surface area contributed by atoms with E-state index in [9.17, 15) is 13.2 Å². The minimum absolute atomic E-state index is 0.0369. The molecule has 0 amide bonds. The zero-order chi connectivity index (χ0) is 11.6. The minimum Gasteiger partial charge on any atom is -0.198 e. The summed E-state index contributed by atoms with van der Waals surface area (Å²) in [5, 5.41) is 0.951. The lowest BCUT2D eigenvalue weighted by Gasteiger charge is -2.04. The number of rotatable bonds is 2. The van der Waals surface area contributed by atoms with E-state index in [4.69, 9.17) is 0 Å². The first kappa shape index (κ1) is 10.9. The quantitative estimate of drug-likeness (QED) is 0.693. The Morgan fingerprint density at radius 3 is 2.44 bits per heavy atom. The molecule has 1 nitrogen and oxygen atoms in total. The van der Waals surface area contributed by atoms with Crippen LogP contribution in [0.4, 0.5) is 13.2 Å². The number of nitrogens with zero attached hydrogens (tertiary/aromatic N) is 1. The predicted molar refractivity (Wildman–Crippen MR) is 54.8 cm³/mol. The number of benzene rings is 1. The minimum atomic E-state index is -4.11. The number of pyridine rings is 1. The first-order valence-corrected chi connectivity index (χ1v) is 5.00. The van der Waals surface area contributed by atoms with E-state index in [1.54, 1.807) is 16.8 Å². The van der Waals surface area contributed by atoms with Gasteiger partial charge in [-0.25, -0.2) is 0 Å². The highest BCUT2D eigenvalue weighted by Crippen LogP contribution is 2.19. The van der Waals surface area contributed by atoms with Crippen LogP contribution in [0.5, 0.6) is 0 Å². The van der Waals surface area contributed by atoms with E-state index in [2.05, 4.69) is 0 Å². The van der Waals surface area contributed by atoms with Crippen molar-refractivity contribution < 1.29 is 17.7 Å². The highest BCUT2D eigenvalue weighted by atomic mass is 19.4. The van der Waals surface area contributed by atoms with Gasteiger partial charge in [-0.2, -0.15) is 17.7 Å². The molecule has 2 aromatic rings. The van der Waals surface area contributed by atoms with E-state index in [1.165, 1.54) is 0 Å². The average molecular weight is 226 g/mol. The number of aromatic nitrogens is 1. The summed E-state index contributed by atoms with van der Waals surface area (Å²) in [5.41, 5.74) is 0.828. The number of hydrogen-bond acceptors (Lipinski definition) is 0. The Bertz CT molecular complexity index is 486. The Kier molecular flexibility index (Phi) is 2.81. The van der Waals surface area contributed by atoms with Crippen LogP contribution in [0, 0.1) is 0 Å². The van der Waals surface area contributed by atoms with Gasteiger partial charge in [-0.15, -0.1) is 0 Å². The van der Waals surface area contributed by atoms with E-state index in [1.807, 2.05) is 30.3 Å². The maximum atomic E-state index is 12.1. The second kappa shape index (κ2) is 4.12. The number of aryl methyl sites for hydroxylation is 1. The molecule has 84 valence electrons. The number of alkyl halides is 3. The van der Waals surface area contributed by atoms with Gasteiger partial charge < -0.3 is 0 Å².